The minimum Gasteiger partial charge on any atom is -0.234 e. The summed E-state index contributed by atoms with van der Waals surface area (Å²) in [6.07, 6.45) is 1.45. The van der Waals surface area contributed by atoms with Gasteiger partial charge in [-0.05, 0) is 19.8 Å². The van der Waals surface area contributed by atoms with E-state index in [4.69, 9.17) is 19.6 Å². The first-order chi connectivity index (χ1) is 4.89. The van der Waals surface area contributed by atoms with Gasteiger partial charge in [-0.15, -0.1) is 0 Å². The standard InChI is InChI=1S/C6H12O4/c1-6-9-7-4-2-3-5-8-10-6/h6H,2-5H2,1H3. The van der Waals surface area contributed by atoms with Crippen LogP contribution in [0.15, 0.2) is 0 Å². The molecule has 0 aromatic carbocycles. The quantitative estimate of drug-likeness (QED) is 0.480. The van der Waals surface area contributed by atoms with Gasteiger partial charge in [0.1, 0.15) is 0 Å². The summed E-state index contributed by atoms with van der Waals surface area (Å²) in [6, 6.07) is 0. The maximum atomic E-state index is 4.76. The molecule has 4 heteroatoms. The van der Waals surface area contributed by atoms with Crippen LogP contribution in [0.3, 0.4) is 0 Å². The Balaban J connectivity index is 2.15. The Morgan fingerprint density at radius 2 is 1.50 bits per heavy atom. The van der Waals surface area contributed by atoms with Crippen LogP contribution < -0.4 is 0 Å². The highest BCUT2D eigenvalue weighted by Gasteiger charge is 2.06. The van der Waals surface area contributed by atoms with E-state index in [1.165, 1.54) is 0 Å². The van der Waals surface area contributed by atoms with E-state index in [0.29, 0.717) is 13.2 Å². The molecule has 1 saturated heterocycles. The van der Waals surface area contributed by atoms with Crippen LogP contribution >= 0.6 is 0 Å². The molecule has 1 rings (SSSR count). The molecular weight excluding hydrogens is 136 g/mol. The highest BCUT2D eigenvalue weighted by Crippen LogP contribution is 2.02. The summed E-state index contributed by atoms with van der Waals surface area (Å²) in [4.78, 5) is 19.0. The van der Waals surface area contributed by atoms with E-state index in [1.807, 2.05) is 0 Å². The lowest BCUT2D eigenvalue weighted by atomic mass is 10.3. The van der Waals surface area contributed by atoms with E-state index < -0.39 is 6.29 Å². The van der Waals surface area contributed by atoms with E-state index in [1.54, 1.807) is 6.92 Å². The molecule has 0 aliphatic carbocycles. The average Bonchev–Trinajstić information content (AvgIpc) is 2.02. The average molecular weight is 148 g/mol. The third-order valence-corrected chi connectivity index (χ3v) is 1.11. The number of hydrogen-bond donors (Lipinski definition) is 0. The number of rotatable bonds is 0. The fraction of sp³-hybridized carbons (Fsp3) is 1.00. The third-order valence-electron chi connectivity index (χ3n) is 1.11. The van der Waals surface area contributed by atoms with E-state index in [-0.39, 0.29) is 0 Å². The molecule has 0 atom stereocenters. The van der Waals surface area contributed by atoms with E-state index in [9.17, 15) is 0 Å². The van der Waals surface area contributed by atoms with Gasteiger partial charge in [-0.3, -0.25) is 0 Å². The SMILES string of the molecule is CC1OOCCCCOO1. The summed E-state index contributed by atoms with van der Waals surface area (Å²) in [6.45, 7) is 2.93. The van der Waals surface area contributed by atoms with Crippen molar-refractivity contribution in [3.8, 4) is 0 Å². The largest absolute Gasteiger partial charge is 0.234 e. The summed E-state index contributed by atoms with van der Waals surface area (Å²) in [5.41, 5.74) is 0. The molecule has 0 saturated carbocycles. The Morgan fingerprint density at radius 3 is 2.00 bits per heavy atom. The Hall–Kier alpha value is -0.160. The second-order valence-corrected chi connectivity index (χ2v) is 2.11. The van der Waals surface area contributed by atoms with Gasteiger partial charge in [0.25, 0.3) is 0 Å². The Kier molecular flexibility index (Phi) is 3.67. The second-order valence-electron chi connectivity index (χ2n) is 2.11. The maximum Gasteiger partial charge on any atom is 0.221 e. The van der Waals surface area contributed by atoms with Crippen LogP contribution in [0.2, 0.25) is 0 Å². The molecule has 0 aromatic rings. The van der Waals surface area contributed by atoms with Crippen molar-refractivity contribution >= 4 is 0 Å². The van der Waals surface area contributed by atoms with Gasteiger partial charge >= 0.3 is 0 Å². The van der Waals surface area contributed by atoms with E-state index in [0.717, 1.165) is 12.8 Å². The molecule has 0 spiro atoms. The topological polar surface area (TPSA) is 36.9 Å². The van der Waals surface area contributed by atoms with Crippen LogP contribution in [-0.4, -0.2) is 19.5 Å². The second kappa shape index (κ2) is 4.62. The third kappa shape index (κ3) is 3.12. The van der Waals surface area contributed by atoms with Crippen molar-refractivity contribution in [1.82, 2.24) is 0 Å². The lowest BCUT2D eigenvalue weighted by Gasteiger charge is -2.07. The molecule has 0 amide bonds. The van der Waals surface area contributed by atoms with Crippen LogP contribution in [0.25, 0.3) is 0 Å². The Morgan fingerprint density at radius 1 is 1.00 bits per heavy atom. The Bertz CT molecular complexity index is 75.8. The number of hydrogen-bond acceptors (Lipinski definition) is 4. The molecule has 0 radical (unpaired) electrons. The van der Waals surface area contributed by atoms with Gasteiger partial charge in [-0.1, -0.05) is 0 Å². The van der Waals surface area contributed by atoms with Crippen molar-refractivity contribution in [3.63, 3.8) is 0 Å². The lowest BCUT2D eigenvalue weighted by Crippen LogP contribution is -2.12. The fourth-order valence-corrected chi connectivity index (χ4v) is 0.626. The van der Waals surface area contributed by atoms with Crippen molar-refractivity contribution in [2.24, 2.45) is 0 Å². The molecule has 10 heavy (non-hydrogen) atoms. The summed E-state index contributed by atoms with van der Waals surface area (Å²) in [5, 5.41) is 0. The van der Waals surface area contributed by atoms with Crippen molar-refractivity contribution < 1.29 is 19.6 Å². The zero-order valence-corrected chi connectivity index (χ0v) is 6.04. The van der Waals surface area contributed by atoms with Crippen molar-refractivity contribution in [2.45, 2.75) is 26.1 Å². The predicted octanol–water partition coefficient (Wildman–Crippen LogP) is 1.02. The first kappa shape index (κ1) is 7.94. The predicted molar refractivity (Wildman–Crippen MR) is 32.8 cm³/mol. The highest BCUT2D eigenvalue weighted by atomic mass is 17.3. The summed E-state index contributed by atoms with van der Waals surface area (Å²) >= 11 is 0. The van der Waals surface area contributed by atoms with Gasteiger partial charge in [0.05, 0.1) is 13.2 Å². The normalized spacial score (nSPS) is 24.9. The smallest absolute Gasteiger partial charge is 0.221 e. The zero-order valence-electron chi connectivity index (χ0n) is 6.04. The molecule has 4 nitrogen and oxygen atoms in total. The molecule has 60 valence electrons. The molecule has 0 aromatic heterocycles. The Labute approximate surface area is 59.9 Å². The lowest BCUT2D eigenvalue weighted by molar-refractivity contribution is -0.451. The van der Waals surface area contributed by atoms with Crippen LogP contribution in [-0.2, 0) is 19.6 Å². The first-order valence-corrected chi connectivity index (χ1v) is 3.46. The van der Waals surface area contributed by atoms with Crippen molar-refractivity contribution in [1.29, 1.82) is 0 Å². The summed E-state index contributed by atoms with van der Waals surface area (Å²) in [5.74, 6) is 0. The van der Waals surface area contributed by atoms with Gasteiger partial charge in [0.2, 0.25) is 6.29 Å². The van der Waals surface area contributed by atoms with Gasteiger partial charge in [0, 0.05) is 0 Å². The van der Waals surface area contributed by atoms with Gasteiger partial charge in [-0.25, -0.2) is 19.6 Å². The summed E-state index contributed by atoms with van der Waals surface area (Å²) in [7, 11) is 0. The minimum atomic E-state index is -0.432. The first-order valence-electron chi connectivity index (χ1n) is 3.46. The summed E-state index contributed by atoms with van der Waals surface area (Å²) < 4.78 is 0. The van der Waals surface area contributed by atoms with Gasteiger partial charge in [0.15, 0.2) is 0 Å². The zero-order chi connectivity index (χ0) is 7.23. The van der Waals surface area contributed by atoms with Crippen LogP contribution in [0.4, 0.5) is 0 Å². The highest BCUT2D eigenvalue weighted by molar-refractivity contribution is 4.35. The molecular formula is C6H12O4. The van der Waals surface area contributed by atoms with Crippen LogP contribution in [0.5, 0.6) is 0 Å². The van der Waals surface area contributed by atoms with Crippen LogP contribution in [0.1, 0.15) is 19.8 Å². The van der Waals surface area contributed by atoms with Crippen molar-refractivity contribution in [3.05, 3.63) is 0 Å². The van der Waals surface area contributed by atoms with Gasteiger partial charge in [-0.2, -0.15) is 0 Å². The molecule has 1 aliphatic heterocycles. The molecule has 1 fully saturated rings. The molecule has 1 heterocycles. The van der Waals surface area contributed by atoms with E-state index >= 15 is 0 Å². The minimum absolute atomic E-state index is 0.432. The maximum absolute atomic E-state index is 4.76. The molecule has 1 aliphatic rings. The monoisotopic (exact) mass is 148 g/mol. The van der Waals surface area contributed by atoms with Crippen molar-refractivity contribution in [2.75, 3.05) is 13.2 Å². The van der Waals surface area contributed by atoms with Gasteiger partial charge < -0.3 is 0 Å². The van der Waals surface area contributed by atoms with Crippen LogP contribution in [0, 0.1) is 0 Å². The molecule has 0 bridgehead atoms. The fourth-order valence-electron chi connectivity index (χ4n) is 0.626. The molecule has 0 N–H and O–H groups in total. The van der Waals surface area contributed by atoms with E-state index in [2.05, 4.69) is 0 Å². The molecule has 0 unspecified atom stereocenters.